The van der Waals surface area contributed by atoms with E-state index in [0.29, 0.717) is 21.8 Å². The highest BCUT2D eigenvalue weighted by Crippen LogP contribution is 2.25. The van der Waals surface area contributed by atoms with Gasteiger partial charge in [-0.25, -0.2) is 0 Å². The van der Waals surface area contributed by atoms with Gasteiger partial charge in [0, 0.05) is 10.0 Å². The Morgan fingerprint density at radius 2 is 2.10 bits per heavy atom. The Morgan fingerprint density at radius 3 is 2.75 bits per heavy atom. The van der Waals surface area contributed by atoms with Crippen LogP contribution in [0.25, 0.3) is 0 Å². The van der Waals surface area contributed by atoms with Crippen LogP contribution in [0.3, 0.4) is 0 Å². The van der Waals surface area contributed by atoms with Gasteiger partial charge in [-0.05, 0) is 42.8 Å². The van der Waals surface area contributed by atoms with E-state index in [9.17, 15) is 4.79 Å². The first kappa shape index (κ1) is 14.6. The number of halogens is 2. The Balaban J connectivity index is 2.29. The van der Waals surface area contributed by atoms with Gasteiger partial charge >= 0.3 is 0 Å². The van der Waals surface area contributed by atoms with Crippen LogP contribution in [0.4, 0.5) is 5.69 Å². The van der Waals surface area contributed by atoms with E-state index < -0.39 is 0 Å². The van der Waals surface area contributed by atoms with Crippen molar-refractivity contribution in [1.82, 2.24) is 0 Å². The molecule has 0 heterocycles. The molecule has 0 saturated carbocycles. The number of nitriles is 1. The molecule has 2 rings (SSSR count). The zero-order valence-electron chi connectivity index (χ0n) is 10.6. The number of carbonyl (C=O) groups excluding carboxylic acids is 1. The minimum atomic E-state index is -0.240. The summed E-state index contributed by atoms with van der Waals surface area (Å²) in [5.41, 5.74) is 2.36. The monoisotopic (exact) mass is 348 g/mol. The van der Waals surface area contributed by atoms with Crippen LogP contribution in [0.15, 0.2) is 40.9 Å². The van der Waals surface area contributed by atoms with Crippen LogP contribution in [0.1, 0.15) is 21.5 Å². The molecule has 1 amide bonds. The third-order valence-corrected chi connectivity index (χ3v) is 4.03. The van der Waals surface area contributed by atoms with Crippen molar-refractivity contribution < 1.29 is 4.79 Å². The van der Waals surface area contributed by atoms with Crippen molar-refractivity contribution in [1.29, 1.82) is 5.26 Å². The summed E-state index contributed by atoms with van der Waals surface area (Å²) < 4.78 is 0.871. The molecule has 0 atom stereocenters. The molecule has 0 unspecified atom stereocenters. The van der Waals surface area contributed by atoms with E-state index in [-0.39, 0.29) is 5.91 Å². The molecule has 0 saturated heterocycles. The van der Waals surface area contributed by atoms with Gasteiger partial charge in [-0.15, -0.1) is 0 Å². The van der Waals surface area contributed by atoms with Gasteiger partial charge in [0.25, 0.3) is 5.91 Å². The Labute approximate surface area is 130 Å². The molecular formula is C15H10BrClN2O. The molecule has 2 aromatic rings. The number of benzene rings is 2. The highest BCUT2D eigenvalue weighted by atomic mass is 79.9. The first-order valence-electron chi connectivity index (χ1n) is 5.79. The first-order valence-corrected chi connectivity index (χ1v) is 6.96. The largest absolute Gasteiger partial charge is 0.321 e. The molecule has 0 radical (unpaired) electrons. The summed E-state index contributed by atoms with van der Waals surface area (Å²) in [7, 11) is 0. The van der Waals surface area contributed by atoms with Gasteiger partial charge in [0.1, 0.15) is 0 Å². The van der Waals surface area contributed by atoms with E-state index in [1.165, 1.54) is 6.07 Å². The predicted molar refractivity (Wildman–Crippen MR) is 83.0 cm³/mol. The summed E-state index contributed by atoms with van der Waals surface area (Å²) in [5, 5.41) is 11.9. The normalized spacial score (nSPS) is 9.90. The van der Waals surface area contributed by atoms with Crippen molar-refractivity contribution in [3.63, 3.8) is 0 Å². The maximum atomic E-state index is 12.2. The molecule has 3 nitrogen and oxygen atoms in total. The quantitative estimate of drug-likeness (QED) is 0.865. The van der Waals surface area contributed by atoms with E-state index >= 15 is 0 Å². The second-order valence-corrected chi connectivity index (χ2v) is 5.43. The van der Waals surface area contributed by atoms with E-state index in [0.717, 1.165) is 10.0 Å². The summed E-state index contributed by atoms with van der Waals surface area (Å²) in [5.74, 6) is -0.240. The average Bonchev–Trinajstić information content (AvgIpc) is 2.44. The second-order valence-electron chi connectivity index (χ2n) is 4.17. The number of carbonyl (C=O) groups is 1. The fourth-order valence-electron chi connectivity index (χ4n) is 1.73. The van der Waals surface area contributed by atoms with Crippen LogP contribution in [0.2, 0.25) is 5.02 Å². The summed E-state index contributed by atoms with van der Waals surface area (Å²) in [6, 6.07) is 12.2. The molecule has 0 bridgehead atoms. The lowest BCUT2D eigenvalue weighted by molar-refractivity contribution is 0.102. The minimum absolute atomic E-state index is 0.240. The Kier molecular flexibility index (Phi) is 4.43. The number of anilines is 1. The molecule has 1 N–H and O–H groups in total. The van der Waals surface area contributed by atoms with E-state index in [1.807, 2.05) is 19.1 Å². The van der Waals surface area contributed by atoms with Crippen LogP contribution >= 0.6 is 27.5 Å². The second kappa shape index (κ2) is 6.08. The molecule has 20 heavy (non-hydrogen) atoms. The highest BCUT2D eigenvalue weighted by molar-refractivity contribution is 9.10. The number of nitrogens with zero attached hydrogens (tertiary/aromatic N) is 1. The molecular weight excluding hydrogens is 340 g/mol. The van der Waals surface area contributed by atoms with Gasteiger partial charge in [0.2, 0.25) is 0 Å². The van der Waals surface area contributed by atoms with E-state index in [4.69, 9.17) is 16.9 Å². The minimum Gasteiger partial charge on any atom is -0.321 e. The molecule has 0 spiro atoms. The van der Waals surface area contributed by atoms with Gasteiger partial charge in [0.15, 0.2) is 0 Å². The lowest BCUT2D eigenvalue weighted by Crippen LogP contribution is -2.13. The fraction of sp³-hybridized carbons (Fsp3) is 0.0667. The third-order valence-electron chi connectivity index (χ3n) is 2.86. The van der Waals surface area contributed by atoms with Crippen LogP contribution in [0, 0.1) is 18.3 Å². The predicted octanol–water partition coefficient (Wildman–Crippen LogP) is 4.53. The summed E-state index contributed by atoms with van der Waals surface area (Å²) in [4.78, 5) is 12.2. The van der Waals surface area contributed by atoms with Crippen LogP contribution < -0.4 is 5.32 Å². The molecule has 0 fully saturated rings. The van der Waals surface area contributed by atoms with Crippen molar-refractivity contribution >= 4 is 39.1 Å². The number of hydrogen-bond acceptors (Lipinski definition) is 2. The van der Waals surface area contributed by atoms with Crippen LogP contribution in [0.5, 0.6) is 0 Å². The van der Waals surface area contributed by atoms with Crippen molar-refractivity contribution in [2.24, 2.45) is 0 Å². The molecule has 0 aromatic heterocycles. The maximum Gasteiger partial charge on any atom is 0.256 e. The number of hydrogen-bond donors (Lipinski definition) is 1. The summed E-state index contributed by atoms with van der Waals surface area (Å²) >= 11 is 9.43. The van der Waals surface area contributed by atoms with E-state index in [1.54, 1.807) is 24.3 Å². The molecule has 0 aliphatic heterocycles. The van der Waals surface area contributed by atoms with Crippen molar-refractivity contribution in [2.45, 2.75) is 6.92 Å². The number of rotatable bonds is 2. The van der Waals surface area contributed by atoms with E-state index in [2.05, 4.69) is 21.2 Å². The Bertz CT molecular complexity index is 722. The SMILES string of the molecule is Cc1c(Br)cccc1C(=O)Nc1ccc(C#N)cc1Cl. The van der Waals surface area contributed by atoms with Crippen molar-refractivity contribution in [2.75, 3.05) is 5.32 Å². The fourth-order valence-corrected chi connectivity index (χ4v) is 2.32. The van der Waals surface area contributed by atoms with Crippen molar-refractivity contribution in [3.05, 3.63) is 62.6 Å². The van der Waals surface area contributed by atoms with Crippen LogP contribution in [-0.2, 0) is 0 Å². The number of amides is 1. The molecule has 5 heteroatoms. The number of nitrogens with one attached hydrogen (secondary N) is 1. The summed E-state index contributed by atoms with van der Waals surface area (Å²) in [6.45, 7) is 1.86. The smallest absolute Gasteiger partial charge is 0.256 e. The standard InChI is InChI=1S/C15H10BrClN2O/c1-9-11(3-2-4-12(9)16)15(20)19-14-6-5-10(8-18)7-13(14)17/h2-7H,1H3,(H,19,20). The van der Waals surface area contributed by atoms with Gasteiger partial charge in [0.05, 0.1) is 22.3 Å². The first-order chi connectivity index (χ1) is 9.52. The van der Waals surface area contributed by atoms with Crippen molar-refractivity contribution in [3.8, 4) is 6.07 Å². The highest BCUT2D eigenvalue weighted by Gasteiger charge is 2.12. The summed E-state index contributed by atoms with van der Waals surface area (Å²) in [6.07, 6.45) is 0. The topological polar surface area (TPSA) is 52.9 Å². The Hall–Kier alpha value is -1.83. The Morgan fingerprint density at radius 1 is 1.35 bits per heavy atom. The van der Waals surface area contributed by atoms with Gasteiger partial charge in [-0.1, -0.05) is 33.6 Å². The van der Waals surface area contributed by atoms with Crippen LogP contribution in [-0.4, -0.2) is 5.91 Å². The molecule has 0 aliphatic rings. The lowest BCUT2D eigenvalue weighted by atomic mass is 10.1. The molecule has 0 aliphatic carbocycles. The van der Waals surface area contributed by atoms with Gasteiger partial charge in [-0.2, -0.15) is 5.26 Å². The maximum absolute atomic E-state index is 12.2. The molecule has 2 aromatic carbocycles. The zero-order valence-corrected chi connectivity index (χ0v) is 12.9. The lowest BCUT2D eigenvalue weighted by Gasteiger charge is -2.10. The third kappa shape index (κ3) is 3.01. The zero-order chi connectivity index (χ0) is 14.7. The average molecular weight is 350 g/mol. The van der Waals surface area contributed by atoms with Gasteiger partial charge in [-0.3, -0.25) is 4.79 Å². The van der Waals surface area contributed by atoms with Gasteiger partial charge < -0.3 is 5.32 Å². The molecule has 100 valence electrons.